The zero-order valence-corrected chi connectivity index (χ0v) is 9.98. The first kappa shape index (κ1) is 11.3. The zero-order chi connectivity index (χ0) is 13.1. The van der Waals surface area contributed by atoms with Crippen LogP contribution in [0.5, 0.6) is 5.75 Å². The lowest BCUT2D eigenvalue weighted by Crippen LogP contribution is -2.08. The molecule has 0 amide bonds. The SMILES string of the molecule is O=C(Oc1cncc2cccnc12)c1ccccc1. The number of carbonyl (C=O) groups excluding carboxylic acids is 1. The number of fused-ring (bicyclic) bond motifs is 1. The van der Waals surface area contributed by atoms with Crippen LogP contribution in [0.15, 0.2) is 61.1 Å². The highest BCUT2D eigenvalue weighted by Crippen LogP contribution is 2.22. The first-order valence-electron chi connectivity index (χ1n) is 5.80. The van der Waals surface area contributed by atoms with Crippen molar-refractivity contribution < 1.29 is 9.53 Å². The quantitative estimate of drug-likeness (QED) is 0.656. The molecule has 4 nitrogen and oxygen atoms in total. The van der Waals surface area contributed by atoms with E-state index in [0.717, 1.165) is 5.39 Å². The van der Waals surface area contributed by atoms with E-state index in [4.69, 9.17) is 4.74 Å². The van der Waals surface area contributed by atoms with Crippen molar-refractivity contribution in [3.8, 4) is 5.75 Å². The molecule has 4 heteroatoms. The van der Waals surface area contributed by atoms with Crippen LogP contribution in [-0.2, 0) is 0 Å². The molecule has 19 heavy (non-hydrogen) atoms. The molecule has 3 rings (SSSR count). The van der Waals surface area contributed by atoms with Crippen molar-refractivity contribution >= 4 is 16.9 Å². The van der Waals surface area contributed by atoms with Gasteiger partial charge in [-0.15, -0.1) is 0 Å². The fourth-order valence-electron chi connectivity index (χ4n) is 1.78. The van der Waals surface area contributed by atoms with Gasteiger partial charge in [0.1, 0.15) is 5.52 Å². The van der Waals surface area contributed by atoms with Crippen molar-refractivity contribution in [3.63, 3.8) is 0 Å². The minimum Gasteiger partial charge on any atom is -0.419 e. The summed E-state index contributed by atoms with van der Waals surface area (Å²) in [6.45, 7) is 0. The number of pyridine rings is 2. The number of nitrogens with zero attached hydrogens (tertiary/aromatic N) is 2. The molecule has 0 bridgehead atoms. The monoisotopic (exact) mass is 250 g/mol. The third kappa shape index (κ3) is 2.28. The predicted octanol–water partition coefficient (Wildman–Crippen LogP) is 2.85. The number of benzene rings is 1. The molecule has 2 heterocycles. The van der Waals surface area contributed by atoms with Gasteiger partial charge in [-0.2, -0.15) is 0 Å². The van der Waals surface area contributed by atoms with Crippen LogP contribution in [0.4, 0.5) is 0 Å². The van der Waals surface area contributed by atoms with Crippen LogP contribution in [0.1, 0.15) is 10.4 Å². The van der Waals surface area contributed by atoms with E-state index < -0.39 is 5.97 Å². The molecule has 0 N–H and O–H groups in total. The Morgan fingerprint density at radius 2 is 1.84 bits per heavy atom. The summed E-state index contributed by atoms with van der Waals surface area (Å²) >= 11 is 0. The first-order chi connectivity index (χ1) is 9.34. The molecular weight excluding hydrogens is 240 g/mol. The highest BCUT2D eigenvalue weighted by molar-refractivity contribution is 5.93. The highest BCUT2D eigenvalue weighted by atomic mass is 16.5. The van der Waals surface area contributed by atoms with E-state index in [9.17, 15) is 4.79 Å². The predicted molar refractivity (Wildman–Crippen MR) is 70.9 cm³/mol. The van der Waals surface area contributed by atoms with E-state index in [2.05, 4.69) is 9.97 Å². The number of aromatic nitrogens is 2. The van der Waals surface area contributed by atoms with Crippen molar-refractivity contribution in [1.29, 1.82) is 0 Å². The minimum absolute atomic E-state index is 0.368. The minimum atomic E-state index is -0.416. The summed E-state index contributed by atoms with van der Waals surface area (Å²) < 4.78 is 5.35. The van der Waals surface area contributed by atoms with Gasteiger partial charge in [0.15, 0.2) is 5.75 Å². The van der Waals surface area contributed by atoms with E-state index in [1.807, 2.05) is 18.2 Å². The van der Waals surface area contributed by atoms with Crippen LogP contribution < -0.4 is 4.74 Å². The normalized spacial score (nSPS) is 10.3. The molecule has 92 valence electrons. The lowest BCUT2D eigenvalue weighted by atomic mass is 10.2. The summed E-state index contributed by atoms with van der Waals surface area (Å²) in [5, 5.41) is 0.834. The van der Waals surface area contributed by atoms with Crippen molar-refractivity contribution in [1.82, 2.24) is 9.97 Å². The topological polar surface area (TPSA) is 52.1 Å². The fourth-order valence-corrected chi connectivity index (χ4v) is 1.78. The average molecular weight is 250 g/mol. The number of hydrogen-bond acceptors (Lipinski definition) is 4. The molecule has 0 atom stereocenters. The zero-order valence-electron chi connectivity index (χ0n) is 9.98. The average Bonchev–Trinajstić information content (AvgIpc) is 2.48. The molecule has 0 fully saturated rings. The Hall–Kier alpha value is -2.75. The van der Waals surface area contributed by atoms with Crippen LogP contribution in [-0.4, -0.2) is 15.9 Å². The Bertz CT molecular complexity index is 721. The van der Waals surface area contributed by atoms with Crippen molar-refractivity contribution in [2.45, 2.75) is 0 Å². The van der Waals surface area contributed by atoms with Gasteiger partial charge in [0.2, 0.25) is 0 Å². The molecular formula is C15H10N2O2. The van der Waals surface area contributed by atoms with E-state index >= 15 is 0 Å². The van der Waals surface area contributed by atoms with Crippen LogP contribution in [0.2, 0.25) is 0 Å². The smallest absolute Gasteiger partial charge is 0.343 e. The van der Waals surface area contributed by atoms with Gasteiger partial charge in [-0.1, -0.05) is 18.2 Å². The van der Waals surface area contributed by atoms with Gasteiger partial charge >= 0.3 is 5.97 Å². The van der Waals surface area contributed by atoms with E-state index in [1.54, 1.807) is 36.7 Å². The summed E-state index contributed by atoms with van der Waals surface area (Å²) in [4.78, 5) is 20.2. The molecule has 1 aromatic carbocycles. The van der Waals surface area contributed by atoms with Gasteiger partial charge < -0.3 is 4.74 Å². The van der Waals surface area contributed by atoms with E-state index in [-0.39, 0.29) is 0 Å². The summed E-state index contributed by atoms with van der Waals surface area (Å²) in [7, 11) is 0. The van der Waals surface area contributed by atoms with Gasteiger partial charge in [-0.3, -0.25) is 9.97 Å². The maximum absolute atomic E-state index is 12.0. The Balaban J connectivity index is 1.96. The molecule has 0 aliphatic carbocycles. The largest absolute Gasteiger partial charge is 0.419 e. The van der Waals surface area contributed by atoms with E-state index in [0.29, 0.717) is 16.8 Å². The molecule has 0 spiro atoms. The third-order valence-electron chi connectivity index (χ3n) is 2.69. The Morgan fingerprint density at radius 1 is 1.00 bits per heavy atom. The Kier molecular flexibility index (Phi) is 2.90. The fraction of sp³-hybridized carbons (Fsp3) is 0. The maximum atomic E-state index is 12.0. The molecule has 0 saturated carbocycles. The standard InChI is InChI=1S/C15H10N2O2/c18-15(11-5-2-1-3-6-11)19-13-10-16-9-12-7-4-8-17-14(12)13/h1-10H. The molecule has 0 aliphatic rings. The number of esters is 1. The summed E-state index contributed by atoms with van der Waals surface area (Å²) in [6.07, 6.45) is 4.83. The molecule has 0 radical (unpaired) electrons. The number of hydrogen-bond donors (Lipinski definition) is 0. The lowest BCUT2D eigenvalue weighted by molar-refractivity contribution is 0.0736. The molecule has 0 unspecified atom stereocenters. The molecule has 3 aromatic rings. The van der Waals surface area contributed by atoms with Crippen LogP contribution in [0, 0.1) is 0 Å². The highest BCUT2D eigenvalue weighted by Gasteiger charge is 2.11. The second-order valence-electron chi connectivity index (χ2n) is 3.97. The third-order valence-corrected chi connectivity index (χ3v) is 2.69. The van der Waals surface area contributed by atoms with Gasteiger partial charge in [0.25, 0.3) is 0 Å². The second-order valence-corrected chi connectivity index (χ2v) is 3.97. The summed E-state index contributed by atoms with van der Waals surface area (Å²) in [5.74, 6) is -0.0486. The van der Waals surface area contributed by atoms with Crippen molar-refractivity contribution in [3.05, 3.63) is 66.6 Å². The summed E-state index contributed by atoms with van der Waals surface area (Å²) in [5.41, 5.74) is 1.12. The Morgan fingerprint density at radius 3 is 2.68 bits per heavy atom. The second kappa shape index (κ2) is 4.86. The van der Waals surface area contributed by atoms with Gasteiger partial charge in [-0.25, -0.2) is 4.79 Å². The van der Waals surface area contributed by atoms with Crippen molar-refractivity contribution in [2.75, 3.05) is 0 Å². The van der Waals surface area contributed by atoms with Crippen LogP contribution in [0.25, 0.3) is 10.9 Å². The number of ether oxygens (including phenoxy) is 1. The molecule has 2 aromatic heterocycles. The van der Waals surface area contributed by atoms with Crippen molar-refractivity contribution in [2.24, 2.45) is 0 Å². The summed E-state index contributed by atoms with van der Waals surface area (Å²) in [6, 6.07) is 12.5. The molecule has 0 saturated heterocycles. The van der Waals surface area contributed by atoms with Crippen LogP contribution in [0.3, 0.4) is 0 Å². The van der Waals surface area contributed by atoms with Gasteiger partial charge in [0, 0.05) is 17.8 Å². The number of rotatable bonds is 2. The lowest BCUT2D eigenvalue weighted by Gasteiger charge is -2.06. The van der Waals surface area contributed by atoms with Gasteiger partial charge in [0.05, 0.1) is 11.8 Å². The molecule has 0 aliphatic heterocycles. The maximum Gasteiger partial charge on any atom is 0.343 e. The van der Waals surface area contributed by atoms with Crippen LogP contribution >= 0.6 is 0 Å². The Labute approximate surface area is 109 Å². The number of carbonyl (C=O) groups is 1. The van der Waals surface area contributed by atoms with Gasteiger partial charge in [-0.05, 0) is 24.3 Å². The van der Waals surface area contributed by atoms with E-state index in [1.165, 1.54) is 6.20 Å². The first-order valence-corrected chi connectivity index (χ1v) is 5.80.